The number of hydrogen-bond donors (Lipinski definition) is 2. The van der Waals surface area contributed by atoms with Gasteiger partial charge in [-0.3, -0.25) is 0 Å². The van der Waals surface area contributed by atoms with Crippen molar-refractivity contribution in [3.05, 3.63) is 88.2 Å². The topological polar surface area (TPSA) is 49.3 Å². The number of fused-ring (bicyclic) bond motifs is 1. The van der Waals surface area contributed by atoms with Gasteiger partial charge in [-0.25, -0.2) is 9.13 Å². The van der Waals surface area contributed by atoms with Crippen LogP contribution in [0.5, 0.6) is 11.5 Å². The number of rotatable bonds is 4. The molecule has 2 N–H and O–H groups in total. The lowest BCUT2D eigenvalue weighted by atomic mass is 9.79. The Morgan fingerprint density at radius 3 is 1.56 bits per heavy atom. The minimum Gasteiger partial charge on any atom is -0.507 e. The Morgan fingerprint density at radius 1 is 0.610 bits per heavy atom. The van der Waals surface area contributed by atoms with E-state index in [1.165, 1.54) is 11.1 Å². The summed E-state index contributed by atoms with van der Waals surface area (Å²) < 4.78 is 4.44. The van der Waals surface area contributed by atoms with Crippen LogP contribution in [-0.4, -0.2) is 14.8 Å². The van der Waals surface area contributed by atoms with E-state index in [1.54, 1.807) is 0 Å². The van der Waals surface area contributed by atoms with Gasteiger partial charge in [-0.15, -0.1) is 0 Å². The van der Waals surface area contributed by atoms with E-state index in [-0.39, 0.29) is 21.7 Å². The Balaban J connectivity index is 1.86. The number of hydrogen-bond acceptors (Lipinski definition) is 2. The van der Waals surface area contributed by atoms with Crippen molar-refractivity contribution >= 4 is 11.0 Å². The summed E-state index contributed by atoms with van der Waals surface area (Å²) in [5.74, 6) is 0.750. The minimum absolute atomic E-state index is 0.0402. The zero-order valence-electron chi connectivity index (χ0n) is 27.4. The Kier molecular flexibility index (Phi) is 7.65. The number of aromatic nitrogens is 2. The zero-order chi connectivity index (χ0) is 30.7. The van der Waals surface area contributed by atoms with Gasteiger partial charge >= 0.3 is 0 Å². The van der Waals surface area contributed by atoms with Crippen LogP contribution in [0.1, 0.15) is 116 Å². The highest BCUT2D eigenvalue weighted by Crippen LogP contribution is 2.39. The number of nitrogens with zero attached hydrogens (tertiary/aromatic N) is 2. The highest BCUT2D eigenvalue weighted by atomic mass is 16.3. The van der Waals surface area contributed by atoms with Crippen LogP contribution >= 0.6 is 0 Å². The summed E-state index contributed by atoms with van der Waals surface area (Å²) in [7, 11) is 0. The molecule has 0 aliphatic carbocycles. The minimum atomic E-state index is -0.181. The summed E-state index contributed by atoms with van der Waals surface area (Å²) in [6, 6.07) is 17.1. The molecule has 0 fully saturated rings. The second-order valence-corrected chi connectivity index (χ2v) is 15.9. The van der Waals surface area contributed by atoms with Gasteiger partial charge in [0.25, 0.3) is 0 Å². The molecule has 4 aromatic rings. The molecule has 3 aromatic carbocycles. The van der Waals surface area contributed by atoms with Gasteiger partial charge < -0.3 is 10.2 Å². The number of imidazole rings is 1. The summed E-state index contributed by atoms with van der Waals surface area (Å²) in [4.78, 5) is 0. The molecule has 0 saturated heterocycles. The molecule has 0 bridgehead atoms. The molecular weight excluding hydrogens is 504 g/mol. The van der Waals surface area contributed by atoms with Crippen LogP contribution in [0.2, 0.25) is 0 Å². The number of phenolic OH excluding ortho intramolecular Hbond substituents is 2. The first kappa shape index (κ1) is 30.7. The summed E-state index contributed by atoms with van der Waals surface area (Å²) in [5, 5.41) is 23.0. The third-order valence-electron chi connectivity index (χ3n) is 8.19. The van der Waals surface area contributed by atoms with E-state index in [2.05, 4.69) is 147 Å². The SMILES string of the molecule is CC(C)(C)c1cc(Cn2c[n+](Cc3cc(C(C)(C)C)cc(C(C)(C)C)c3O)c3ccccc32)c(O)c(C(C)(C)C)c1. The Morgan fingerprint density at radius 2 is 1.07 bits per heavy atom. The largest absolute Gasteiger partial charge is 0.507 e. The van der Waals surface area contributed by atoms with Gasteiger partial charge in [0.1, 0.15) is 24.6 Å². The van der Waals surface area contributed by atoms with Gasteiger partial charge in [-0.05, 0) is 68.2 Å². The van der Waals surface area contributed by atoms with E-state index in [4.69, 9.17) is 0 Å². The number of phenols is 2. The fourth-order valence-electron chi connectivity index (χ4n) is 5.50. The van der Waals surface area contributed by atoms with Crippen molar-refractivity contribution in [2.75, 3.05) is 0 Å². The average molecular weight is 556 g/mol. The van der Waals surface area contributed by atoms with Crippen molar-refractivity contribution in [2.24, 2.45) is 0 Å². The van der Waals surface area contributed by atoms with Gasteiger partial charge in [-0.2, -0.15) is 0 Å². The second kappa shape index (κ2) is 10.2. The molecule has 41 heavy (non-hydrogen) atoms. The van der Waals surface area contributed by atoms with E-state index in [0.29, 0.717) is 24.6 Å². The van der Waals surface area contributed by atoms with Crippen molar-refractivity contribution in [3.63, 3.8) is 0 Å². The number of aromatic hydroxyl groups is 2. The third-order valence-corrected chi connectivity index (χ3v) is 8.19. The van der Waals surface area contributed by atoms with Crippen molar-refractivity contribution in [3.8, 4) is 11.5 Å². The maximum Gasteiger partial charge on any atom is 0.245 e. The molecule has 4 heteroatoms. The fourth-order valence-corrected chi connectivity index (χ4v) is 5.50. The van der Waals surface area contributed by atoms with Crippen LogP contribution in [0.15, 0.2) is 54.9 Å². The molecule has 0 radical (unpaired) electrons. The van der Waals surface area contributed by atoms with Gasteiger partial charge in [0.05, 0.1) is 0 Å². The molecule has 1 aromatic heterocycles. The summed E-state index contributed by atoms with van der Waals surface area (Å²) in [5.41, 5.74) is 7.97. The van der Waals surface area contributed by atoms with Crippen LogP contribution in [0.4, 0.5) is 0 Å². The van der Waals surface area contributed by atoms with E-state index in [0.717, 1.165) is 33.3 Å². The lowest BCUT2D eigenvalue weighted by Crippen LogP contribution is -2.33. The first-order valence-electron chi connectivity index (χ1n) is 14.9. The molecule has 4 nitrogen and oxygen atoms in total. The van der Waals surface area contributed by atoms with Crippen LogP contribution in [0.3, 0.4) is 0 Å². The number of benzene rings is 3. The molecule has 0 atom stereocenters. The van der Waals surface area contributed by atoms with E-state index in [1.807, 2.05) is 0 Å². The summed E-state index contributed by atoms with van der Waals surface area (Å²) in [6.45, 7) is 27.3. The quantitative estimate of drug-likeness (QED) is 0.248. The van der Waals surface area contributed by atoms with Crippen molar-refractivity contribution in [1.29, 1.82) is 0 Å². The van der Waals surface area contributed by atoms with Crippen LogP contribution in [0, 0.1) is 0 Å². The molecule has 220 valence electrons. The highest BCUT2D eigenvalue weighted by molar-refractivity contribution is 5.72. The number of para-hydroxylation sites is 2. The van der Waals surface area contributed by atoms with Gasteiger partial charge in [0.15, 0.2) is 11.0 Å². The van der Waals surface area contributed by atoms with Crippen molar-refractivity contribution < 1.29 is 14.8 Å². The summed E-state index contributed by atoms with van der Waals surface area (Å²) in [6.07, 6.45) is 2.13. The molecule has 0 amide bonds. The normalized spacial score (nSPS) is 13.3. The molecule has 0 aliphatic rings. The maximum absolute atomic E-state index is 11.5. The monoisotopic (exact) mass is 555 g/mol. The van der Waals surface area contributed by atoms with Gasteiger partial charge in [-0.1, -0.05) is 107 Å². The van der Waals surface area contributed by atoms with Crippen molar-refractivity contribution in [2.45, 2.75) is 118 Å². The van der Waals surface area contributed by atoms with Crippen LogP contribution in [-0.2, 0) is 34.7 Å². The molecular formula is C37H51N2O2+. The average Bonchev–Trinajstić information content (AvgIpc) is 3.15. The molecule has 0 unspecified atom stereocenters. The highest BCUT2D eigenvalue weighted by Gasteiger charge is 2.28. The lowest BCUT2D eigenvalue weighted by molar-refractivity contribution is -0.663. The standard InChI is InChI=1S/C37H50N2O2/c1-34(2,3)26-17-24(32(40)28(19-26)36(7,8)9)21-38-23-39(31-16-14-13-15-30(31)38)22-25-18-27(35(4,5)6)20-29(33(25)41)37(10,11)12/h13-20,23H,21-22H2,1-12H3,(H-,40,41)/p+1. The second-order valence-electron chi connectivity index (χ2n) is 15.9. The third kappa shape index (κ3) is 6.32. The molecule has 0 spiro atoms. The van der Waals surface area contributed by atoms with Crippen LogP contribution in [0.25, 0.3) is 11.0 Å². The Hall–Kier alpha value is -3.27. The molecule has 0 saturated carbocycles. The fraction of sp³-hybridized carbons (Fsp3) is 0.486. The van der Waals surface area contributed by atoms with Gasteiger partial charge in [0.2, 0.25) is 6.33 Å². The predicted molar refractivity (Wildman–Crippen MR) is 171 cm³/mol. The Bertz CT molecular complexity index is 1460. The van der Waals surface area contributed by atoms with Crippen molar-refractivity contribution in [1.82, 2.24) is 4.57 Å². The predicted octanol–water partition coefficient (Wildman–Crippen LogP) is 8.63. The van der Waals surface area contributed by atoms with E-state index in [9.17, 15) is 10.2 Å². The van der Waals surface area contributed by atoms with E-state index < -0.39 is 0 Å². The first-order chi connectivity index (χ1) is 18.7. The zero-order valence-corrected chi connectivity index (χ0v) is 27.4. The lowest BCUT2D eigenvalue weighted by Gasteiger charge is -2.27. The first-order valence-corrected chi connectivity index (χ1v) is 14.9. The molecule has 4 rings (SSSR count). The maximum atomic E-state index is 11.5. The smallest absolute Gasteiger partial charge is 0.245 e. The van der Waals surface area contributed by atoms with Crippen LogP contribution < -0.4 is 4.57 Å². The van der Waals surface area contributed by atoms with Gasteiger partial charge in [0, 0.05) is 11.1 Å². The molecule has 0 aliphatic heterocycles. The summed E-state index contributed by atoms with van der Waals surface area (Å²) >= 11 is 0. The molecule has 1 heterocycles. The Labute approximate surface area is 247 Å². The van der Waals surface area contributed by atoms with E-state index >= 15 is 0 Å².